The molecule has 0 unspecified atom stereocenters. The monoisotopic (exact) mass is 195 g/mol. The van der Waals surface area contributed by atoms with Crippen molar-refractivity contribution in [3.05, 3.63) is 17.0 Å². The Morgan fingerprint density at radius 1 is 1.64 bits per heavy atom. The smallest absolute Gasteiger partial charge is 0.434 e. The molecule has 2 heterocycles. The van der Waals surface area contributed by atoms with E-state index in [1.165, 1.54) is 4.68 Å². The van der Waals surface area contributed by atoms with E-state index in [4.69, 9.17) is 4.74 Å². The van der Waals surface area contributed by atoms with Gasteiger partial charge in [-0.2, -0.15) is 9.78 Å². The molecular weight excluding hydrogens is 182 g/mol. The summed E-state index contributed by atoms with van der Waals surface area (Å²) in [4.78, 5) is 11.5. The lowest BCUT2D eigenvalue weighted by molar-refractivity contribution is 0.149. The normalized spacial score (nSPS) is 14.1. The third-order valence-corrected chi connectivity index (χ3v) is 2.33. The third kappa shape index (κ3) is 1.29. The van der Waals surface area contributed by atoms with E-state index in [9.17, 15) is 4.79 Å². The molecular formula is C9H13N3O2. The number of hydrogen-bond donors (Lipinski definition) is 1. The maximum absolute atomic E-state index is 11.5. The lowest BCUT2D eigenvalue weighted by atomic mass is 10.2. The Kier molecular flexibility index (Phi) is 2.25. The van der Waals surface area contributed by atoms with Gasteiger partial charge in [0, 0.05) is 18.7 Å². The molecule has 1 N–H and O–H groups in total. The van der Waals surface area contributed by atoms with Crippen LogP contribution in [0.2, 0.25) is 0 Å². The number of nitrogens with zero attached hydrogens (tertiary/aromatic N) is 2. The zero-order chi connectivity index (χ0) is 10.1. The summed E-state index contributed by atoms with van der Waals surface area (Å²) in [5.41, 5.74) is 2.96. The number of carbonyl (C=O) groups excluding carboxylic acids is 1. The van der Waals surface area contributed by atoms with Crippen LogP contribution < -0.4 is 5.32 Å². The summed E-state index contributed by atoms with van der Waals surface area (Å²) in [6.45, 7) is 5.55. The summed E-state index contributed by atoms with van der Waals surface area (Å²) >= 11 is 0. The van der Waals surface area contributed by atoms with Crippen molar-refractivity contribution in [3.63, 3.8) is 0 Å². The van der Waals surface area contributed by atoms with Crippen molar-refractivity contribution in [2.45, 2.75) is 26.9 Å². The Morgan fingerprint density at radius 3 is 3.14 bits per heavy atom. The fraction of sp³-hybridized carbons (Fsp3) is 0.556. The van der Waals surface area contributed by atoms with Crippen molar-refractivity contribution >= 4 is 6.09 Å². The van der Waals surface area contributed by atoms with Crippen LogP contribution in [0.3, 0.4) is 0 Å². The van der Waals surface area contributed by atoms with E-state index < -0.39 is 0 Å². The van der Waals surface area contributed by atoms with Crippen LogP contribution in [0.25, 0.3) is 0 Å². The number of nitrogens with one attached hydrogen (secondary N) is 1. The van der Waals surface area contributed by atoms with Crippen molar-refractivity contribution in [1.29, 1.82) is 0 Å². The highest BCUT2D eigenvalue weighted by Gasteiger charge is 2.23. The molecule has 5 heteroatoms. The van der Waals surface area contributed by atoms with Crippen LogP contribution in [-0.2, 0) is 17.8 Å². The predicted molar refractivity (Wildman–Crippen MR) is 49.9 cm³/mol. The Labute approximate surface area is 82.0 Å². The summed E-state index contributed by atoms with van der Waals surface area (Å²) in [7, 11) is 0. The van der Waals surface area contributed by atoms with Crippen LogP contribution in [0.1, 0.15) is 23.9 Å². The van der Waals surface area contributed by atoms with Gasteiger partial charge in [0.25, 0.3) is 0 Å². The van der Waals surface area contributed by atoms with E-state index in [-0.39, 0.29) is 6.09 Å². The van der Waals surface area contributed by atoms with E-state index in [2.05, 4.69) is 10.4 Å². The molecule has 5 nitrogen and oxygen atoms in total. The predicted octanol–water partition coefficient (Wildman–Crippen LogP) is 0.799. The van der Waals surface area contributed by atoms with Gasteiger partial charge in [-0.15, -0.1) is 0 Å². The zero-order valence-corrected chi connectivity index (χ0v) is 8.33. The van der Waals surface area contributed by atoms with E-state index in [1.54, 1.807) is 6.92 Å². The molecule has 0 radical (unpaired) electrons. The molecule has 0 amide bonds. The number of aromatic nitrogens is 2. The molecule has 0 aromatic carbocycles. The van der Waals surface area contributed by atoms with Crippen LogP contribution in [0.4, 0.5) is 4.79 Å². The van der Waals surface area contributed by atoms with E-state index in [1.807, 2.05) is 6.92 Å². The molecule has 0 fully saturated rings. The highest BCUT2D eigenvalue weighted by atomic mass is 16.5. The lowest BCUT2D eigenvalue weighted by Crippen LogP contribution is -2.19. The minimum absolute atomic E-state index is 0.375. The maximum atomic E-state index is 11.5. The number of rotatable bonds is 1. The van der Waals surface area contributed by atoms with Crippen molar-refractivity contribution < 1.29 is 9.53 Å². The van der Waals surface area contributed by atoms with Crippen LogP contribution in [-0.4, -0.2) is 22.5 Å². The highest BCUT2D eigenvalue weighted by molar-refractivity contribution is 5.71. The van der Waals surface area contributed by atoms with Gasteiger partial charge in [-0.05, 0) is 13.8 Å². The summed E-state index contributed by atoms with van der Waals surface area (Å²) in [5, 5.41) is 7.33. The summed E-state index contributed by atoms with van der Waals surface area (Å²) < 4.78 is 6.26. The topological polar surface area (TPSA) is 56.2 Å². The van der Waals surface area contributed by atoms with Gasteiger partial charge < -0.3 is 10.1 Å². The van der Waals surface area contributed by atoms with Crippen LogP contribution in [0.5, 0.6) is 0 Å². The second kappa shape index (κ2) is 3.42. The van der Waals surface area contributed by atoms with Gasteiger partial charge in [0.1, 0.15) is 0 Å². The first kappa shape index (κ1) is 9.21. The number of fused-ring (bicyclic) bond motifs is 1. The molecule has 0 bridgehead atoms. The van der Waals surface area contributed by atoms with Gasteiger partial charge in [-0.1, -0.05) is 0 Å². The van der Waals surface area contributed by atoms with Crippen LogP contribution in [0.15, 0.2) is 0 Å². The molecule has 76 valence electrons. The fourth-order valence-corrected chi connectivity index (χ4v) is 1.66. The average Bonchev–Trinajstić information content (AvgIpc) is 2.70. The minimum Gasteiger partial charge on any atom is -0.448 e. The largest absolute Gasteiger partial charge is 0.448 e. The van der Waals surface area contributed by atoms with Gasteiger partial charge >= 0.3 is 6.09 Å². The van der Waals surface area contributed by atoms with Crippen molar-refractivity contribution in [2.75, 3.05) is 6.61 Å². The zero-order valence-electron chi connectivity index (χ0n) is 8.33. The molecule has 0 spiro atoms. The maximum Gasteiger partial charge on any atom is 0.434 e. The quantitative estimate of drug-likeness (QED) is 0.720. The molecule has 14 heavy (non-hydrogen) atoms. The second-order valence-corrected chi connectivity index (χ2v) is 3.22. The number of carbonyl (C=O) groups is 1. The van der Waals surface area contributed by atoms with E-state index >= 15 is 0 Å². The van der Waals surface area contributed by atoms with Gasteiger partial charge in [-0.3, -0.25) is 0 Å². The molecule has 1 aromatic heterocycles. The number of ether oxygens (including phenoxy) is 1. The number of hydrogen-bond acceptors (Lipinski definition) is 4. The van der Waals surface area contributed by atoms with E-state index in [0.29, 0.717) is 13.2 Å². The minimum atomic E-state index is -0.388. The molecule has 2 rings (SSSR count). The SMILES string of the molecule is CCOC(=O)n1nc(C)c2c1CNC2. The molecule has 1 aliphatic heterocycles. The Bertz CT molecular complexity index is 370. The summed E-state index contributed by atoms with van der Waals surface area (Å²) in [5.74, 6) is 0. The van der Waals surface area contributed by atoms with Gasteiger partial charge in [0.2, 0.25) is 0 Å². The number of aryl methyl sites for hydroxylation is 1. The lowest BCUT2D eigenvalue weighted by Gasteiger charge is -2.03. The third-order valence-electron chi connectivity index (χ3n) is 2.33. The van der Waals surface area contributed by atoms with Gasteiger partial charge in [-0.25, -0.2) is 4.79 Å². The first-order chi connectivity index (χ1) is 6.74. The van der Waals surface area contributed by atoms with Gasteiger partial charge in [0.05, 0.1) is 18.0 Å². The van der Waals surface area contributed by atoms with Crippen molar-refractivity contribution in [2.24, 2.45) is 0 Å². The molecule has 1 aromatic rings. The molecule has 0 aliphatic carbocycles. The van der Waals surface area contributed by atoms with Crippen molar-refractivity contribution in [3.8, 4) is 0 Å². The summed E-state index contributed by atoms with van der Waals surface area (Å²) in [6.07, 6.45) is -0.388. The highest BCUT2D eigenvalue weighted by Crippen LogP contribution is 2.18. The van der Waals surface area contributed by atoms with Crippen molar-refractivity contribution in [1.82, 2.24) is 15.1 Å². The molecule has 0 saturated heterocycles. The first-order valence-electron chi connectivity index (χ1n) is 4.69. The Balaban J connectivity index is 2.35. The van der Waals surface area contributed by atoms with Crippen LogP contribution in [0, 0.1) is 6.92 Å². The Hall–Kier alpha value is -1.36. The molecule has 0 saturated carbocycles. The average molecular weight is 195 g/mol. The standard InChI is InChI=1S/C9H13N3O2/c1-3-14-9(13)12-8-5-10-4-7(8)6(2)11-12/h10H,3-5H2,1-2H3. The Morgan fingerprint density at radius 2 is 2.43 bits per heavy atom. The molecule has 1 aliphatic rings. The van der Waals surface area contributed by atoms with Crippen LogP contribution >= 0.6 is 0 Å². The van der Waals surface area contributed by atoms with Gasteiger partial charge in [0.15, 0.2) is 0 Å². The fourth-order valence-electron chi connectivity index (χ4n) is 1.66. The molecule has 0 atom stereocenters. The van der Waals surface area contributed by atoms with E-state index in [0.717, 1.165) is 23.5 Å². The first-order valence-corrected chi connectivity index (χ1v) is 4.69. The summed E-state index contributed by atoms with van der Waals surface area (Å²) in [6, 6.07) is 0. The second-order valence-electron chi connectivity index (χ2n) is 3.22.